The molecule has 26 heavy (non-hydrogen) atoms. The number of halogens is 2. The monoisotopic (exact) mass is 431 g/mol. The SMILES string of the molecule is CC(C)(CN(c1cc(F)ccc1CN)C(Br)C=O)CC(C)(C)OC(N)=O. The Balaban J connectivity index is 3.17. The van der Waals surface area contributed by atoms with Crippen molar-refractivity contribution in [2.24, 2.45) is 16.9 Å². The molecule has 1 rings (SSSR count). The van der Waals surface area contributed by atoms with Crippen molar-refractivity contribution in [3.05, 3.63) is 29.6 Å². The highest BCUT2D eigenvalue weighted by Crippen LogP contribution is 2.35. The Morgan fingerprint density at radius 3 is 2.50 bits per heavy atom. The van der Waals surface area contributed by atoms with Crippen LogP contribution in [0.2, 0.25) is 0 Å². The van der Waals surface area contributed by atoms with E-state index in [2.05, 4.69) is 15.9 Å². The van der Waals surface area contributed by atoms with Gasteiger partial charge in [0.1, 0.15) is 16.4 Å². The molecule has 1 amide bonds. The average Bonchev–Trinajstić information content (AvgIpc) is 2.49. The molecule has 0 saturated heterocycles. The van der Waals surface area contributed by atoms with Gasteiger partial charge in [0.25, 0.3) is 0 Å². The van der Waals surface area contributed by atoms with Gasteiger partial charge in [-0.15, -0.1) is 0 Å². The lowest BCUT2D eigenvalue weighted by Gasteiger charge is -2.40. The zero-order valence-electron chi connectivity index (χ0n) is 15.6. The summed E-state index contributed by atoms with van der Waals surface area (Å²) in [5.41, 5.74) is 11.0. The van der Waals surface area contributed by atoms with Crippen LogP contribution in [0.25, 0.3) is 0 Å². The summed E-state index contributed by atoms with van der Waals surface area (Å²) in [6, 6.07) is 4.30. The van der Waals surface area contributed by atoms with Gasteiger partial charge in [0.2, 0.25) is 0 Å². The van der Waals surface area contributed by atoms with Crippen molar-refractivity contribution >= 4 is 34.0 Å². The van der Waals surface area contributed by atoms with Gasteiger partial charge in [-0.2, -0.15) is 0 Å². The van der Waals surface area contributed by atoms with E-state index in [1.807, 2.05) is 13.8 Å². The van der Waals surface area contributed by atoms with Crippen molar-refractivity contribution in [2.45, 2.75) is 51.2 Å². The van der Waals surface area contributed by atoms with Crippen molar-refractivity contribution in [3.63, 3.8) is 0 Å². The van der Waals surface area contributed by atoms with Crippen LogP contribution < -0.4 is 16.4 Å². The highest BCUT2D eigenvalue weighted by Gasteiger charge is 2.34. The van der Waals surface area contributed by atoms with Gasteiger partial charge >= 0.3 is 6.09 Å². The van der Waals surface area contributed by atoms with Crippen molar-refractivity contribution in [1.82, 2.24) is 0 Å². The van der Waals surface area contributed by atoms with E-state index >= 15 is 0 Å². The summed E-state index contributed by atoms with van der Waals surface area (Å²) in [6.07, 6.45) is 0.363. The first-order chi connectivity index (χ1) is 11.9. The minimum absolute atomic E-state index is 0.210. The van der Waals surface area contributed by atoms with Gasteiger partial charge in [0, 0.05) is 18.8 Å². The van der Waals surface area contributed by atoms with E-state index in [4.69, 9.17) is 16.2 Å². The summed E-state index contributed by atoms with van der Waals surface area (Å²) in [5, 5.41) is 0. The van der Waals surface area contributed by atoms with E-state index in [1.165, 1.54) is 12.1 Å². The Hall–Kier alpha value is -1.67. The number of benzene rings is 1. The largest absolute Gasteiger partial charge is 0.444 e. The van der Waals surface area contributed by atoms with E-state index in [-0.39, 0.29) is 6.54 Å². The van der Waals surface area contributed by atoms with Crippen molar-refractivity contribution < 1.29 is 18.7 Å². The summed E-state index contributed by atoms with van der Waals surface area (Å²) < 4.78 is 19.0. The third-order valence-corrected chi connectivity index (χ3v) is 4.58. The summed E-state index contributed by atoms with van der Waals surface area (Å²) >= 11 is 3.33. The second-order valence-electron chi connectivity index (χ2n) is 7.64. The normalized spacial score (nSPS) is 13.2. The number of nitrogens with two attached hydrogens (primary N) is 2. The third-order valence-electron chi connectivity index (χ3n) is 3.87. The maximum atomic E-state index is 13.8. The molecule has 0 bridgehead atoms. The predicted molar refractivity (Wildman–Crippen MR) is 104 cm³/mol. The van der Waals surface area contributed by atoms with Crippen LogP contribution in [0.1, 0.15) is 39.7 Å². The highest BCUT2D eigenvalue weighted by atomic mass is 79.9. The van der Waals surface area contributed by atoms with Crippen LogP contribution in [0.4, 0.5) is 14.9 Å². The summed E-state index contributed by atoms with van der Waals surface area (Å²) in [6.45, 7) is 8.08. The number of alkyl halides is 1. The molecule has 0 heterocycles. The molecule has 146 valence electrons. The maximum absolute atomic E-state index is 13.8. The lowest BCUT2D eigenvalue weighted by molar-refractivity contribution is -0.107. The number of rotatable bonds is 9. The molecule has 0 aliphatic heterocycles. The number of hydrogen-bond acceptors (Lipinski definition) is 5. The summed E-state index contributed by atoms with van der Waals surface area (Å²) in [7, 11) is 0. The second kappa shape index (κ2) is 8.81. The molecule has 1 aromatic carbocycles. The molecule has 1 atom stereocenters. The van der Waals surface area contributed by atoms with E-state index in [0.29, 0.717) is 18.7 Å². The number of primary amides is 1. The van der Waals surface area contributed by atoms with Crippen LogP contribution in [0.3, 0.4) is 0 Å². The summed E-state index contributed by atoms with van der Waals surface area (Å²) in [4.78, 5) is 23.6. The van der Waals surface area contributed by atoms with E-state index < -0.39 is 27.9 Å². The number of aldehydes is 1. The number of nitrogens with zero attached hydrogens (tertiary/aromatic N) is 1. The minimum Gasteiger partial charge on any atom is -0.444 e. The quantitative estimate of drug-likeness (QED) is 0.355. The van der Waals surface area contributed by atoms with Crippen molar-refractivity contribution in [1.29, 1.82) is 0 Å². The molecular weight excluding hydrogens is 405 g/mol. The van der Waals surface area contributed by atoms with Crippen LogP contribution in [0, 0.1) is 11.2 Å². The molecule has 6 nitrogen and oxygen atoms in total. The number of carbonyl (C=O) groups is 2. The Morgan fingerprint density at radius 2 is 2.00 bits per heavy atom. The van der Waals surface area contributed by atoms with Crippen LogP contribution in [0.15, 0.2) is 18.2 Å². The lowest BCUT2D eigenvalue weighted by Crippen LogP contribution is -2.44. The Morgan fingerprint density at radius 1 is 1.38 bits per heavy atom. The van der Waals surface area contributed by atoms with E-state index in [0.717, 1.165) is 11.8 Å². The van der Waals surface area contributed by atoms with Crippen LogP contribution in [-0.2, 0) is 16.1 Å². The molecule has 0 spiro atoms. The molecular formula is C18H27BrFN3O3. The van der Waals surface area contributed by atoms with Gasteiger partial charge in [0.15, 0.2) is 6.29 Å². The number of hydrogen-bond donors (Lipinski definition) is 2. The number of anilines is 1. The zero-order chi connectivity index (χ0) is 20.1. The van der Waals surface area contributed by atoms with Gasteiger partial charge in [-0.25, -0.2) is 9.18 Å². The highest BCUT2D eigenvalue weighted by molar-refractivity contribution is 9.10. The van der Waals surface area contributed by atoms with E-state index in [1.54, 1.807) is 24.8 Å². The van der Waals surface area contributed by atoms with Gasteiger partial charge < -0.3 is 25.9 Å². The molecule has 1 aromatic rings. The predicted octanol–water partition coefficient (Wildman–Crippen LogP) is 3.30. The zero-order valence-corrected chi connectivity index (χ0v) is 17.2. The summed E-state index contributed by atoms with van der Waals surface area (Å²) in [5.74, 6) is -0.414. The molecule has 0 radical (unpaired) electrons. The smallest absolute Gasteiger partial charge is 0.405 e. The molecule has 0 saturated carbocycles. The van der Waals surface area contributed by atoms with Gasteiger partial charge in [0.05, 0.1) is 0 Å². The third kappa shape index (κ3) is 6.57. The van der Waals surface area contributed by atoms with Gasteiger partial charge in [-0.3, -0.25) is 0 Å². The molecule has 8 heteroatoms. The number of amides is 1. The fourth-order valence-corrected chi connectivity index (χ4v) is 3.70. The fourth-order valence-electron chi connectivity index (χ4n) is 3.33. The van der Waals surface area contributed by atoms with Gasteiger partial charge in [-0.05, 0) is 43.4 Å². The Kier molecular flexibility index (Phi) is 7.58. The van der Waals surface area contributed by atoms with Crippen molar-refractivity contribution in [3.8, 4) is 0 Å². The number of carbonyl (C=O) groups excluding carboxylic acids is 2. The topological polar surface area (TPSA) is 98.7 Å². The van der Waals surface area contributed by atoms with Gasteiger partial charge in [-0.1, -0.05) is 35.8 Å². The standard InChI is InChI=1S/C18H27BrFN3O3/c1-17(2,10-18(3,4)26-16(22)25)11-23(15(19)9-24)14-7-13(20)6-5-12(14)8-21/h5-7,9,15H,8,10-11,21H2,1-4H3,(H2,22,25). The molecule has 0 aliphatic carbocycles. The first kappa shape index (κ1) is 22.4. The molecule has 1 unspecified atom stereocenters. The molecule has 0 aromatic heterocycles. The maximum Gasteiger partial charge on any atom is 0.405 e. The first-order valence-corrected chi connectivity index (χ1v) is 9.15. The second-order valence-corrected chi connectivity index (χ2v) is 8.57. The van der Waals surface area contributed by atoms with Crippen LogP contribution in [-0.4, -0.2) is 29.5 Å². The number of ether oxygens (including phenoxy) is 1. The van der Waals surface area contributed by atoms with Crippen molar-refractivity contribution in [2.75, 3.05) is 11.4 Å². The van der Waals surface area contributed by atoms with Crippen LogP contribution in [0.5, 0.6) is 0 Å². The molecule has 0 aliphatic rings. The van der Waals surface area contributed by atoms with Crippen LogP contribution >= 0.6 is 15.9 Å². The lowest BCUT2D eigenvalue weighted by atomic mass is 9.81. The Bertz CT molecular complexity index is 653. The average molecular weight is 432 g/mol. The first-order valence-electron chi connectivity index (χ1n) is 8.24. The minimum atomic E-state index is -0.843. The van der Waals surface area contributed by atoms with E-state index in [9.17, 15) is 14.0 Å². The Labute approximate surface area is 162 Å². The molecule has 0 fully saturated rings. The molecule has 4 N–H and O–H groups in total. The fraction of sp³-hybridized carbons (Fsp3) is 0.556.